The van der Waals surface area contributed by atoms with E-state index in [0.717, 1.165) is 11.3 Å². The first-order valence-corrected chi connectivity index (χ1v) is 5.98. The van der Waals surface area contributed by atoms with Gasteiger partial charge in [-0.05, 0) is 23.8 Å². The lowest BCUT2D eigenvalue weighted by atomic mass is 10.2. The molecule has 0 spiro atoms. The average Bonchev–Trinajstić information content (AvgIpc) is 2.47. The molecule has 2 rings (SSSR count). The van der Waals surface area contributed by atoms with Crippen molar-refractivity contribution in [1.29, 1.82) is 0 Å². The van der Waals surface area contributed by atoms with Gasteiger partial charge in [0.15, 0.2) is 0 Å². The van der Waals surface area contributed by atoms with Crippen LogP contribution in [0.25, 0.3) is 0 Å². The Morgan fingerprint density at radius 2 is 2.20 bits per heavy atom. The fourth-order valence-corrected chi connectivity index (χ4v) is 1.72. The smallest absolute Gasteiger partial charge is 0.336 e. The highest BCUT2D eigenvalue weighted by Crippen LogP contribution is 2.20. The van der Waals surface area contributed by atoms with Crippen molar-refractivity contribution in [3.63, 3.8) is 0 Å². The summed E-state index contributed by atoms with van der Waals surface area (Å²) in [4.78, 5) is 15.2. The summed E-state index contributed by atoms with van der Waals surface area (Å²) in [7, 11) is 1.44. The van der Waals surface area contributed by atoms with Crippen molar-refractivity contribution in [2.24, 2.45) is 5.73 Å². The van der Waals surface area contributed by atoms with Crippen molar-refractivity contribution in [3.05, 3.63) is 47.5 Å². The summed E-state index contributed by atoms with van der Waals surface area (Å²) in [5, 5.41) is 12.1. The summed E-state index contributed by atoms with van der Waals surface area (Å²) < 4.78 is 4.99. The van der Waals surface area contributed by atoms with E-state index in [4.69, 9.17) is 15.6 Å². The Morgan fingerprint density at radius 3 is 2.85 bits per heavy atom. The maximum atomic E-state index is 11.0. The van der Waals surface area contributed by atoms with Gasteiger partial charge >= 0.3 is 5.97 Å². The number of hydrogen-bond acceptors (Lipinski definition) is 5. The van der Waals surface area contributed by atoms with Crippen LogP contribution in [0.15, 0.2) is 36.4 Å². The minimum atomic E-state index is -1.04. The van der Waals surface area contributed by atoms with Crippen molar-refractivity contribution in [3.8, 4) is 5.88 Å². The monoisotopic (exact) mass is 273 g/mol. The molecular weight excluding hydrogens is 258 g/mol. The Bertz CT molecular complexity index is 629. The number of ether oxygens (including phenoxy) is 1. The second kappa shape index (κ2) is 6.03. The van der Waals surface area contributed by atoms with Crippen LogP contribution in [-0.4, -0.2) is 23.2 Å². The molecule has 2 aromatic rings. The zero-order valence-corrected chi connectivity index (χ0v) is 11.0. The lowest BCUT2D eigenvalue weighted by Gasteiger charge is -2.09. The van der Waals surface area contributed by atoms with Crippen LogP contribution in [0.3, 0.4) is 0 Å². The number of nitrogens with one attached hydrogen (secondary N) is 1. The topological polar surface area (TPSA) is 97.5 Å². The molecule has 6 heteroatoms. The van der Waals surface area contributed by atoms with Gasteiger partial charge in [-0.1, -0.05) is 12.1 Å². The van der Waals surface area contributed by atoms with Crippen LogP contribution in [0.5, 0.6) is 5.88 Å². The Balaban J connectivity index is 2.32. The summed E-state index contributed by atoms with van der Waals surface area (Å²) in [6.07, 6.45) is 0. The van der Waals surface area contributed by atoms with E-state index < -0.39 is 5.97 Å². The summed E-state index contributed by atoms with van der Waals surface area (Å²) in [5.74, 6) is -0.400. The summed E-state index contributed by atoms with van der Waals surface area (Å²) in [6.45, 7) is 0.432. The number of anilines is 2. The molecule has 1 aromatic carbocycles. The summed E-state index contributed by atoms with van der Waals surface area (Å²) in [6, 6.07) is 10.3. The number of benzene rings is 1. The molecule has 1 aromatic heterocycles. The fraction of sp³-hybridized carbons (Fsp3) is 0.143. The molecule has 0 aliphatic carbocycles. The van der Waals surface area contributed by atoms with E-state index in [-0.39, 0.29) is 11.4 Å². The highest BCUT2D eigenvalue weighted by atomic mass is 16.5. The van der Waals surface area contributed by atoms with Gasteiger partial charge in [-0.2, -0.15) is 4.98 Å². The van der Waals surface area contributed by atoms with E-state index in [0.29, 0.717) is 12.4 Å². The second-order valence-electron chi connectivity index (χ2n) is 4.12. The number of carbonyl (C=O) groups is 1. The second-order valence-corrected chi connectivity index (χ2v) is 4.12. The van der Waals surface area contributed by atoms with Crippen LogP contribution in [0.4, 0.5) is 11.5 Å². The summed E-state index contributed by atoms with van der Waals surface area (Å²) >= 11 is 0. The van der Waals surface area contributed by atoms with E-state index in [1.807, 2.05) is 24.3 Å². The van der Waals surface area contributed by atoms with E-state index in [1.54, 1.807) is 0 Å². The van der Waals surface area contributed by atoms with Crippen LogP contribution in [0.2, 0.25) is 0 Å². The van der Waals surface area contributed by atoms with Crippen molar-refractivity contribution >= 4 is 17.5 Å². The van der Waals surface area contributed by atoms with Gasteiger partial charge in [-0.3, -0.25) is 0 Å². The zero-order valence-electron chi connectivity index (χ0n) is 11.0. The predicted octanol–water partition coefficient (Wildman–Crippen LogP) is 1.99. The standard InChI is InChI=1S/C14H15N3O3/c1-20-13-7-10(14(18)19)6-12(17-13)16-11-4-2-3-9(5-11)8-15/h2-7H,8,15H2,1H3,(H,16,17)(H,18,19). The number of pyridine rings is 1. The predicted molar refractivity (Wildman–Crippen MR) is 75.4 cm³/mol. The molecule has 6 nitrogen and oxygen atoms in total. The van der Waals surface area contributed by atoms with Gasteiger partial charge in [0.05, 0.1) is 12.7 Å². The maximum absolute atomic E-state index is 11.0. The first-order chi connectivity index (χ1) is 9.62. The third-order valence-corrected chi connectivity index (χ3v) is 2.69. The van der Waals surface area contributed by atoms with E-state index in [1.165, 1.54) is 19.2 Å². The lowest BCUT2D eigenvalue weighted by Crippen LogP contribution is -2.03. The highest BCUT2D eigenvalue weighted by Gasteiger charge is 2.09. The van der Waals surface area contributed by atoms with Crippen LogP contribution in [0.1, 0.15) is 15.9 Å². The van der Waals surface area contributed by atoms with Gasteiger partial charge in [-0.15, -0.1) is 0 Å². The quantitative estimate of drug-likeness (QED) is 0.770. The van der Waals surface area contributed by atoms with Crippen molar-refractivity contribution in [2.75, 3.05) is 12.4 Å². The Hall–Kier alpha value is -2.60. The SMILES string of the molecule is COc1cc(C(=O)O)cc(Nc2cccc(CN)c2)n1. The molecule has 104 valence electrons. The number of nitrogens with zero attached hydrogens (tertiary/aromatic N) is 1. The van der Waals surface area contributed by atoms with Gasteiger partial charge in [0.25, 0.3) is 0 Å². The van der Waals surface area contributed by atoms with Crippen LogP contribution < -0.4 is 15.8 Å². The largest absolute Gasteiger partial charge is 0.481 e. The molecule has 0 aliphatic heterocycles. The number of aromatic nitrogens is 1. The summed E-state index contributed by atoms with van der Waals surface area (Å²) in [5.41, 5.74) is 7.44. The molecule has 0 radical (unpaired) electrons. The Morgan fingerprint density at radius 1 is 1.40 bits per heavy atom. The zero-order chi connectivity index (χ0) is 14.5. The van der Waals surface area contributed by atoms with Gasteiger partial charge < -0.3 is 20.9 Å². The Labute approximate surface area is 116 Å². The van der Waals surface area contributed by atoms with Crippen LogP contribution in [0, 0.1) is 0 Å². The highest BCUT2D eigenvalue weighted by molar-refractivity contribution is 5.89. The first-order valence-electron chi connectivity index (χ1n) is 5.98. The first kappa shape index (κ1) is 13.8. The molecule has 0 unspecified atom stereocenters. The van der Waals surface area contributed by atoms with E-state index in [9.17, 15) is 4.79 Å². The number of rotatable bonds is 5. The van der Waals surface area contributed by atoms with Crippen molar-refractivity contribution in [2.45, 2.75) is 6.54 Å². The lowest BCUT2D eigenvalue weighted by molar-refractivity contribution is 0.0696. The molecule has 0 amide bonds. The molecule has 0 fully saturated rings. The fourth-order valence-electron chi connectivity index (χ4n) is 1.72. The van der Waals surface area contributed by atoms with Gasteiger partial charge in [0.2, 0.25) is 5.88 Å². The van der Waals surface area contributed by atoms with E-state index >= 15 is 0 Å². The molecular formula is C14H15N3O3. The van der Waals surface area contributed by atoms with Crippen LogP contribution >= 0.6 is 0 Å². The van der Waals surface area contributed by atoms with Crippen molar-refractivity contribution < 1.29 is 14.6 Å². The minimum absolute atomic E-state index is 0.106. The van der Waals surface area contributed by atoms with Crippen LogP contribution in [-0.2, 0) is 6.54 Å². The van der Waals surface area contributed by atoms with Crippen molar-refractivity contribution in [1.82, 2.24) is 4.98 Å². The third-order valence-electron chi connectivity index (χ3n) is 2.69. The molecule has 0 bridgehead atoms. The normalized spacial score (nSPS) is 10.1. The average molecular weight is 273 g/mol. The van der Waals surface area contributed by atoms with Gasteiger partial charge in [-0.25, -0.2) is 4.79 Å². The number of aromatic carboxylic acids is 1. The molecule has 1 heterocycles. The number of carboxylic acid groups (broad SMARTS) is 1. The number of hydrogen-bond donors (Lipinski definition) is 3. The molecule has 20 heavy (non-hydrogen) atoms. The maximum Gasteiger partial charge on any atom is 0.336 e. The van der Waals surface area contributed by atoms with E-state index in [2.05, 4.69) is 10.3 Å². The molecule has 0 aliphatic rings. The van der Waals surface area contributed by atoms with Gasteiger partial charge in [0.1, 0.15) is 5.82 Å². The third kappa shape index (κ3) is 3.24. The van der Waals surface area contributed by atoms with Gasteiger partial charge in [0, 0.05) is 18.3 Å². The Kier molecular flexibility index (Phi) is 4.17. The molecule has 0 saturated heterocycles. The molecule has 0 atom stereocenters. The molecule has 0 saturated carbocycles. The number of carboxylic acids is 1. The number of methoxy groups -OCH3 is 1. The molecule has 4 N–H and O–H groups in total. The minimum Gasteiger partial charge on any atom is -0.481 e. The number of nitrogens with two attached hydrogens (primary N) is 1.